The fourth-order valence-corrected chi connectivity index (χ4v) is 4.71. The molecular formula is C29H41NO7. The van der Waals surface area contributed by atoms with Gasteiger partial charge in [-0.15, -0.1) is 0 Å². The van der Waals surface area contributed by atoms with Crippen molar-refractivity contribution in [3.8, 4) is 5.75 Å². The zero-order valence-corrected chi connectivity index (χ0v) is 23.2. The van der Waals surface area contributed by atoms with E-state index in [4.69, 9.17) is 18.9 Å². The van der Waals surface area contributed by atoms with Crippen LogP contribution in [0.4, 0.5) is 4.79 Å². The summed E-state index contributed by atoms with van der Waals surface area (Å²) in [6.45, 7) is 17.5. The first-order valence-electron chi connectivity index (χ1n) is 13.1. The van der Waals surface area contributed by atoms with Crippen LogP contribution in [0.3, 0.4) is 0 Å². The van der Waals surface area contributed by atoms with Crippen molar-refractivity contribution in [2.24, 2.45) is 11.8 Å². The van der Waals surface area contributed by atoms with E-state index in [0.29, 0.717) is 17.7 Å². The summed E-state index contributed by atoms with van der Waals surface area (Å²) in [7, 11) is 0. The number of β-lactam (4-membered cyclic amide) rings is 1. The van der Waals surface area contributed by atoms with Crippen molar-refractivity contribution in [1.29, 1.82) is 0 Å². The third-order valence-electron chi connectivity index (χ3n) is 6.56. The highest BCUT2D eigenvalue weighted by Crippen LogP contribution is 2.48. The first-order valence-corrected chi connectivity index (χ1v) is 13.1. The zero-order valence-electron chi connectivity index (χ0n) is 23.2. The van der Waals surface area contributed by atoms with Gasteiger partial charge in [0.2, 0.25) is 5.91 Å². The average molecular weight is 516 g/mol. The first-order chi connectivity index (χ1) is 17.7. The second-order valence-corrected chi connectivity index (χ2v) is 8.94. The van der Waals surface area contributed by atoms with E-state index in [-0.39, 0.29) is 43.4 Å². The topological polar surface area (TPSA) is 91.4 Å². The summed E-state index contributed by atoms with van der Waals surface area (Å²) in [5.74, 6) is -0.963. The van der Waals surface area contributed by atoms with Crippen LogP contribution in [0.1, 0.15) is 59.1 Å². The fraction of sp³-hybridized carbons (Fsp3) is 0.552. The van der Waals surface area contributed by atoms with Gasteiger partial charge in [0, 0.05) is 11.5 Å². The number of fused-ring (bicyclic) bond motifs is 1. The molecule has 0 saturated carbocycles. The van der Waals surface area contributed by atoms with Crippen LogP contribution in [-0.2, 0) is 30.2 Å². The van der Waals surface area contributed by atoms with E-state index in [1.54, 1.807) is 6.92 Å². The molecule has 0 bridgehead atoms. The Bertz CT molecular complexity index is 1020. The quantitative estimate of drug-likeness (QED) is 0.222. The molecule has 2 aliphatic rings. The second kappa shape index (κ2) is 13.9. The van der Waals surface area contributed by atoms with Gasteiger partial charge in [0.05, 0.1) is 18.6 Å². The van der Waals surface area contributed by atoms with Crippen LogP contribution < -0.4 is 4.74 Å². The largest absolute Gasteiger partial charge is 0.508 e. The van der Waals surface area contributed by atoms with Crippen LogP contribution in [0.15, 0.2) is 42.1 Å². The predicted molar refractivity (Wildman–Crippen MR) is 141 cm³/mol. The number of benzene rings is 1. The second-order valence-electron chi connectivity index (χ2n) is 8.94. The number of carbonyl (C=O) groups excluding carboxylic acids is 3. The molecule has 1 amide bonds. The summed E-state index contributed by atoms with van der Waals surface area (Å²) in [6, 6.07) is 5.66. The number of nitrogens with zero attached hydrogens (tertiary/aromatic N) is 1. The summed E-state index contributed by atoms with van der Waals surface area (Å²) in [5, 5.41) is 0. The lowest BCUT2D eigenvalue weighted by molar-refractivity contribution is -0.165. The van der Waals surface area contributed by atoms with E-state index in [1.165, 1.54) is 16.5 Å². The molecule has 1 saturated heterocycles. The first kappa shape index (κ1) is 29.9. The number of aryl methyl sites for hydroxylation is 2. The summed E-state index contributed by atoms with van der Waals surface area (Å²) in [4.78, 5) is 39.5. The molecule has 4 atom stereocenters. The van der Waals surface area contributed by atoms with Crippen LogP contribution in [0.5, 0.6) is 5.75 Å². The normalized spacial score (nSPS) is 20.7. The zero-order chi connectivity index (χ0) is 27.7. The minimum Gasteiger partial charge on any atom is -0.489 e. The Morgan fingerprint density at radius 2 is 1.89 bits per heavy atom. The molecule has 37 heavy (non-hydrogen) atoms. The molecule has 8 nitrogen and oxygen atoms in total. The highest BCUT2D eigenvalue weighted by atomic mass is 16.7. The van der Waals surface area contributed by atoms with Gasteiger partial charge in [0.25, 0.3) is 0 Å². The third kappa shape index (κ3) is 6.53. The minimum absolute atomic E-state index is 0.0291. The summed E-state index contributed by atoms with van der Waals surface area (Å²) < 4.78 is 21.8. The van der Waals surface area contributed by atoms with Crippen LogP contribution in [0, 0.1) is 18.8 Å². The van der Waals surface area contributed by atoms with Gasteiger partial charge in [-0.25, -0.2) is 9.59 Å². The van der Waals surface area contributed by atoms with Gasteiger partial charge in [-0.05, 0) is 43.9 Å². The van der Waals surface area contributed by atoms with Gasteiger partial charge in [-0.2, -0.15) is 0 Å². The van der Waals surface area contributed by atoms with E-state index in [0.717, 1.165) is 12.0 Å². The van der Waals surface area contributed by atoms with Gasteiger partial charge in [-0.3, -0.25) is 4.79 Å². The van der Waals surface area contributed by atoms with Gasteiger partial charge in [-0.1, -0.05) is 59.4 Å². The van der Waals surface area contributed by atoms with Gasteiger partial charge in [0.1, 0.15) is 30.8 Å². The SMILES string of the molecule is C=CCOC(=O)C1=C(COc2ccc(CC)cc2C)C(C)[C@@H]2C(C(C)OC(=O)OCCC)C(=O)N12.CC. The van der Waals surface area contributed by atoms with Gasteiger partial charge in [0.15, 0.2) is 0 Å². The molecular weight excluding hydrogens is 474 g/mol. The maximum absolute atomic E-state index is 13.1. The van der Waals surface area contributed by atoms with Crippen molar-refractivity contribution < 1.29 is 33.3 Å². The van der Waals surface area contributed by atoms with Crippen LogP contribution in [0.2, 0.25) is 0 Å². The monoisotopic (exact) mass is 515 g/mol. The Hall–Kier alpha value is -3.29. The molecule has 0 aromatic heterocycles. The molecule has 2 heterocycles. The molecule has 1 aromatic rings. The number of esters is 1. The Morgan fingerprint density at radius 3 is 2.49 bits per heavy atom. The number of hydrogen-bond donors (Lipinski definition) is 0. The number of amides is 1. The molecule has 1 fully saturated rings. The minimum atomic E-state index is -0.801. The molecule has 3 unspecified atom stereocenters. The van der Waals surface area contributed by atoms with Crippen LogP contribution >= 0.6 is 0 Å². The van der Waals surface area contributed by atoms with Crippen LogP contribution in [-0.4, -0.2) is 54.9 Å². The Kier molecular flexibility index (Phi) is 11.2. The van der Waals surface area contributed by atoms with Crippen LogP contribution in [0.25, 0.3) is 0 Å². The molecule has 2 aliphatic heterocycles. The van der Waals surface area contributed by atoms with E-state index >= 15 is 0 Å². The van der Waals surface area contributed by atoms with Crippen molar-refractivity contribution >= 4 is 18.0 Å². The molecule has 0 aliphatic carbocycles. The highest BCUT2D eigenvalue weighted by Gasteiger charge is 2.61. The molecule has 0 radical (unpaired) electrons. The van der Waals surface area contributed by atoms with Crippen molar-refractivity contribution in [2.75, 3.05) is 19.8 Å². The van der Waals surface area contributed by atoms with Crippen molar-refractivity contribution in [3.63, 3.8) is 0 Å². The third-order valence-corrected chi connectivity index (χ3v) is 6.56. The summed E-state index contributed by atoms with van der Waals surface area (Å²) in [6.07, 6.45) is 1.56. The summed E-state index contributed by atoms with van der Waals surface area (Å²) in [5.41, 5.74) is 3.09. The van der Waals surface area contributed by atoms with E-state index in [1.807, 2.05) is 46.8 Å². The fourth-order valence-electron chi connectivity index (χ4n) is 4.71. The Balaban J connectivity index is 0.00000235. The van der Waals surface area contributed by atoms with Crippen molar-refractivity contribution in [2.45, 2.75) is 73.5 Å². The maximum Gasteiger partial charge on any atom is 0.508 e. The Morgan fingerprint density at radius 1 is 1.19 bits per heavy atom. The molecule has 0 spiro atoms. The predicted octanol–water partition coefficient (Wildman–Crippen LogP) is 5.37. The number of carbonyl (C=O) groups is 3. The standard InChI is InChI=1S/C27H35NO7.C2H6/c1-7-12-32-26(30)24-20(15-34-21-11-10-19(9-3)14-16(21)4)17(5)23-22(25(29)28(23)24)18(6)35-27(31)33-13-8-2;1-2/h7,10-11,14,17-18,22-23H,1,8-9,12-13,15H2,2-6H3;1-2H3/t17?,18?,22?,23-;/m1./s1. The molecule has 3 rings (SSSR count). The number of rotatable bonds is 11. The van der Waals surface area contributed by atoms with E-state index < -0.39 is 24.1 Å². The van der Waals surface area contributed by atoms with E-state index in [2.05, 4.69) is 19.6 Å². The lowest BCUT2D eigenvalue weighted by atomic mass is 9.77. The molecule has 0 N–H and O–H groups in total. The average Bonchev–Trinajstić information content (AvgIpc) is 3.14. The lowest BCUT2D eigenvalue weighted by Gasteiger charge is -2.47. The Labute approximate surface area is 220 Å². The lowest BCUT2D eigenvalue weighted by Crippen LogP contribution is -2.64. The van der Waals surface area contributed by atoms with E-state index in [9.17, 15) is 14.4 Å². The number of ether oxygens (including phenoxy) is 4. The number of hydrogen-bond acceptors (Lipinski definition) is 7. The summed E-state index contributed by atoms with van der Waals surface area (Å²) >= 11 is 0. The smallest absolute Gasteiger partial charge is 0.489 e. The maximum atomic E-state index is 13.1. The highest BCUT2D eigenvalue weighted by molar-refractivity contribution is 6.01. The molecule has 1 aromatic carbocycles. The molecule has 8 heteroatoms. The molecule has 204 valence electrons. The van der Waals surface area contributed by atoms with Crippen molar-refractivity contribution in [3.05, 3.63) is 53.3 Å². The van der Waals surface area contributed by atoms with Gasteiger partial charge >= 0.3 is 12.1 Å². The van der Waals surface area contributed by atoms with Gasteiger partial charge < -0.3 is 23.8 Å². The van der Waals surface area contributed by atoms with Crippen molar-refractivity contribution in [1.82, 2.24) is 4.90 Å².